The van der Waals surface area contributed by atoms with Crippen molar-refractivity contribution in [1.82, 2.24) is 0 Å². The third kappa shape index (κ3) is 28.0. The van der Waals surface area contributed by atoms with E-state index in [-0.39, 0.29) is 11.8 Å². The number of rotatable bonds is 58. The highest BCUT2D eigenvalue weighted by atomic mass is 79.9. The van der Waals surface area contributed by atoms with Crippen molar-refractivity contribution < 1.29 is 9.59 Å². The Hall–Kier alpha value is -2.52. The summed E-state index contributed by atoms with van der Waals surface area (Å²) in [5.74, 6) is 2.22. The number of amides is 2. The molecule has 2 aliphatic heterocycles. The normalized spacial score (nSPS) is 15.2. The summed E-state index contributed by atoms with van der Waals surface area (Å²) < 4.78 is 2.51. The Kier molecular flexibility index (Phi) is 42.2. The summed E-state index contributed by atoms with van der Waals surface area (Å²) >= 11 is 12.0. The van der Waals surface area contributed by atoms with Gasteiger partial charge < -0.3 is 9.80 Å². The van der Waals surface area contributed by atoms with Gasteiger partial charge in [0.15, 0.2) is 0 Å². The molecule has 2 aromatic carbocycles. The van der Waals surface area contributed by atoms with Gasteiger partial charge in [0.2, 0.25) is 0 Å². The molecule has 0 bridgehead atoms. The van der Waals surface area contributed by atoms with Crippen molar-refractivity contribution in [3.8, 4) is 20.9 Å². The molecule has 0 saturated heterocycles. The Balaban J connectivity index is 1.45. The van der Waals surface area contributed by atoms with Crippen LogP contribution >= 0.6 is 54.5 Å². The minimum atomic E-state index is 0.0257. The number of nitrogens with zero attached hydrogens (tertiary/aromatic N) is 2. The highest BCUT2D eigenvalue weighted by Crippen LogP contribution is 2.51. The van der Waals surface area contributed by atoms with Crippen LogP contribution in [-0.2, 0) is 22.4 Å². The Labute approximate surface area is 616 Å². The molecule has 4 unspecified atom stereocenters. The molecule has 2 amide bonds. The fraction of sp³-hybridized carbons (Fsp3) is 0.727. The zero-order chi connectivity index (χ0) is 68.5. The van der Waals surface area contributed by atoms with Crippen molar-refractivity contribution in [2.75, 3.05) is 22.9 Å². The molecule has 8 heteroatoms. The van der Waals surface area contributed by atoms with E-state index >= 15 is 9.59 Å². The first kappa shape index (κ1) is 82.4. The predicted octanol–water partition coefficient (Wildman–Crippen LogP) is 30.7. The first-order valence-electron chi connectivity index (χ1n) is 41.3. The second kappa shape index (κ2) is 49.2. The number of thiophene rings is 2. The molecule has 2 aromatic heterocycles. The smallest absolute Gasteiger partial charge is 0.259 e. The van der Waals surface area contributed by atoms with Gasteiger partial charge in [-0.2, -0.15) is 0 Å². The van der Waals surface area contributed by atoms with E-state index < -0.39 is 0 Å². The average molecular weight is 1480 g/mol. The van der Waals surface area contributed by atoms with Gasteiger partial charge in [0.05, 0.1) is 30.1 Å². The molecule has 0 N–H and O–H groups in total. The molecule has 0 fully saturated rings. The monoisotopic (exact) mass is 1480 g/mol. The SMILES string of the molecule is CCCCCCCCC(CCCCCC)Cc1cc(-c2ccc3c(c2)N(CC(CCCCCC)CCCCCCCC)C(=O)/C3=C2/C(=O)N(CC(CCCCCC)CCCCCCCC)c3cc(-c4cc(CC(CCCCCC)CCCCCCCC)c(Br)s4)ccc32)sc1Br. The maximum absolute atomic E-state index is 16.3. The molecule has 540 valence electrons. The average Bonchev–Trinajstić information content (AvgIpc) is 1.57. The van der Waals surface area contributed by atoms with Gasteiger partial charge in [-0.25, -0.2) is 0 Å². The first-order valence-corrected chi connectivity index (χ1v) is 44.5. The minimum absolute atomic E-state index is 0.0257. The van der Waals surface area contributed by atoms with Crippen LogP contribution in [-0.4, -0.2) is 24.9 Å². The van der Waals surface area contributed by atoms with Crippen molar-refractivity contribution in [3.05, 3.63) is 78.4 Å². The molecule has 96 heavy (non-hydrogen) atoms. The van der Waals surface area contributed by atoms with Crippen LogP contribution in [0.1, 0.15) is 386 Å². The summed E-state index contributed by atoms with van der Waals surface area (Å²) in [6.07, 6.45) is 63.8. The van der Waals surface area contributed by atoms with Crippen LogP contribution in [0, 0.1) is 23.7 Å². The number of hydrogen-bond donors (Lipinski definition) is 0. The molecule has 0 saturated carbocycles. The van der Waals surface area contributed by atoms with E-state index in [1.54, 1.807) is 0 Å². The van der Waals surface area contributed by atoms with E-state index in [1.807, 2.05) is 22.7 Å². The van der Waals surface area contributed by atoms with Crippen LogP contribution in [0.4, 0.5) is 11.4 Å². The van der Waals surface area contributed by atoms with Crippen LogP contribution in [0.25, 0.3) is 32.0 Å². The van der Waals surface area contributed by atoms with Crippen LogP contribution in [0.5, 0.6) is 0 Å². The van der Waals surface area contributed by atoms with Crippen molar-refractivity contribution in [3.63, 3.8) is 0 Å². The molecule has 4 nitrogen and oxygen atoms in total. The van der Waals surface area contributed by atoms with Gasteiger partial charge >= 0.3 is 0 Å². The first-order chi connectivity index (χ1) is 47.0. The summed E-state index contributed by atoms with van der Waals surface area (Å²) in [4.78, 5) is 39.5. The van der Waals surface area contributed by atoms with Crippen molar-refractivity contribution in [1.29, 1.82) is 0 Å². The molecule has 6 rings (SSSR count). The van der Waals surface area contributed by atoms with Gasteiger partial charge in [-0.1, -0.05) is 362 Å². The lowest BCUT2D eigenvalue weighted by Gasteiger charge is -2.25. The highest BCUT2D eigenvalue weighted by molar-refractivity contribution is 9.11. The third-order valence-electron chi connectivity index (χ3n) is 22.0. The summed E-state index contributed by atoms with van der Waals surface area (Å²) in [5, 5.41) is 0. The molecule has 0 aliphatic carbocycles. The summed E-state index contributed by atoms with van der Waals surface area (Å²) in [7, 11) is 0. The topological polar surface area (TPSA) is 40.6 Å². The Morgan fingerprint density at radius 1 is 0.312 bits per heavy atom. The van der Waals surface area contributed by atoms with Gasteiger partial charge in [0.1, 0.15) is 0 Å². The van der Waals surface area contributed by atoms with Gasteiger partial charge in [0, 0.05) is 34.0 Å². The molecular formula is C88H140Br2N2O2S2. The number of benzene rings is 2. The predicted molar refractivity (Wildman–Crippen MR) is 435 cm³/mol. The summed E-state index contributed by atoms with van der Waals surface area (Å²) in [6.45, 7) is 19.9. The molecule has 4 atom stereocenters. The van der Waals surface area contributed by atoms with Crippen LogP contribution in [0.2, 0.25) is 0 Å². The largest absolute Gasteiger partial charge is 0.307 e. The second-order valence-electron chi connectivity index (χ2n) is 30.4. The molecular weight excluding hydrogens is 1340 g/mol. The maximum atomic E-state index is 16.3. The Morgan fingerprint density at radius 2 is 0.552 bits per heavy atom. The van der Waals surface area contributed by atoms with Gasteiger partial charge in [-0.15, -0.1) is 22.7 Å². The number of hydrogen-bond acceptors (Lipinski definition) is 4. The van der Waals surface area contributed by atoms with Crippen molar-refractivity contribution in [2.45, 2.75) is 376 Å². The van der Waals surface area contributed by atoms with Crippen LogP contribution in [0.3, 0.4) is 0 Å². The molecule has 2 aliphatic rings. The van der Waals surface area contributed by atoms with E-state index in [2.05, 4.69) is 146 Å². The lowest BCUT2D eigenvalue weighted by atomic mass is 9.89. The number of carbonyl (C=O) groups excluding carboxylic acids is 2. The molecule has 4 aromatic rings. The fourth-order valence-corrected chi connectivity index (χ4v) is 19.4. The van der Waals surface area contributed by atoms with E-state index in [0.29, 0.717) is 47.9 Å². The number of fused-ring (bicyclic) bond motifs is 2. The van der Waals surface area contributed by atoms with E-state index in [0.717, 1.165) is 61.0 Å². The number of carbonyl (C=O) groups is 2. The number of unbranched alkanes of at least 4 members (excludes halogenated alkanes) is 32. The van der Waals surface area contributed by atoms with Gasteiger partial charge in [-0.3, -0.25) is 9.59 Å². The van der Waals surface area contributed by atoms with Crippen LogP contribution < -0.4 is 9.80 Å². The quantitative estimate of drug-likeness (QED) is 0.0326. The van der Waals surface area contributed by atoms with Gasteiger partial charge in [-0.05, 0) is 141 Å². The fourth-order valence-electron chi connectivity index (χ4n) is 16.0. The maximum Gasteiger partial charge on any atom is 0.259 e. The molecule has 0 spiro atoms. The Bertz CT molecular complexity index is 2600. The van der Waals surface area contributed by atoms with Crippen molar-refractivity contribution in [2.24, 2.45) is 23.7 Å². The van der Waals surface area contributed by atoms with Gasteiger partial charge in [0.25, 0.3) is 11.8 Å². The zero-order valence-corrected chi connectivity index (χ0v) is 67.8. The standard InChI is InChI=1S/C88H140Br2N2O2S2/c1-9-17-25-33-37-45-51-69(49-41-29-21-13-5)61-75-65-81(95-85(75)89)73-57-59-77-79(63-73)91(67-71(53-43-31-23-15-7)55-47-39-35-27-19-11-3)87(93)83(77)84-78-60-58-74(64-80(78)92(88(84)94)68-72(54-44-32-24-16-8)56-48-40-36-28-20-12-4)82-66-76(86(90)96-82)62-70(50-42-30-22-14-6)52-46-38-34-26-18-10-2/h57-60,63-66,69-72H,9-56,61-62,67-68H2,1-8H3/b84-83+. The number of anilines is 2. The second-order valence-corrected chi connectivity index (χ2v) is 35.1. The van der Waals surface area contributed by atoms with E-state index in [4.69, 9.17) is 0 Å². The van der Waals surface area contributed by atoms with E-state index in [9.17, 15) is 0 Å². The summed E-state index contributed by atoms with van der Waals surface area (Å²) in [6, 6.07) is 18.8. The third-order valence-corrected chi connectivity index (χ3v) is 26.0. The van der Waals surface area contributed by atoms with Crippen LogP contribution in [0.15, 0.2) is 56.1 Å². The Morgan fingerprint density at radius 3 is 0.823 bits per heavy atom. The highest BCUT2D eigenvalue weighted by Gasteiger charge is 2.43. The summed E-state index contributed by atoms with van der Waals surface area (Å²) in [5.41, 5.74) is 10.4. The molecule has 0 radical (unpaired) electrons. The van der Waals surface area contributed by atoms with E-state index in [1.165, 1.54) is 322 Å². The number of halogens is 2. The molecule has 4 heterocycles. The lowest BCUT2D eigenvalue weighted by molar-refractivity contribution is -0.114. The van der Waals surface area contributed by atoms with Crippen molar-refractivity contribution >= 4 is 88.9 Å². The zero-order valence-electron chi connectivity index (χ0n) is 63.0. The minimum Gasteiger partial charge on any atom is -0.307 e. The lowest BCUT2D eigenvalue weighted by Crippen LogP contribution is -2.34.